The predicted octanol–water partition coefficient (Wildman–Crippen LogP) is 4.46. The van der Waals surface area contributed by atoms with Gasteiger partial charge < -0.3 is 5.32 Å². The number of hydrogen-bond donors (Lipinski definition) is 1. The van der Waals surface area contributed by atoms with Crippen molar-refractivity contribution in [3.8, 4) is 0 Å². The van der Waals surface area contributed by atoms with Gasteiger partial charge in [-0.25, -0.2) is 4.39 Å². The van der Waals surface area contributed by atoms with E-state index >= 15 is 0 Å². The van der Waals surface area contributed by atoms with Crippen LogP contribution in [0.5, 0.6) is 0 Å². The van der Waals surface area contributed by atoms with Crippen LogP contribution in [0.15, 0.2) is 34.1 Å². The average molecular weight is 328 g/mol. The van der Waals surface area contributed by atoms with Gasteiger partial charge in [0, 0.05) is 15.4 Å². The first-order valence-electron chi connectivity index (χ1n) is 5.77. The van der Waals surface area contributed by atoms with Gasteiger partial charge in [-0.3, -0.25) is 0 Å². The number of likely N-dealkylation sites (N-methyl/N-ethyl adjacent to an activating group) is 1. The lowest BCUT2D eigenvalue weighted by Gasteiger charge is -2.17. The minimum atomic E-state index is -0.189. The largest absolute Gasteiger partial charge is 0.312 e. The Morgan fingerprint density at radius 2 is 2.17 bits per heavy atom. The van der Waals surface area contributed by atoms with Crippen molar-refractivity contribution in [2.24, 2.45) is 0 Å². The van der Waals surface area contributed by atoms with Crippen molar-refractivity contribution in [1.82, 2.24) is 5.32 Å². The summed E-state index contributed by atoms with van der Waals surface area (Å²) >= 11 is 5.22. The van der Waals surface area contributed by atoms with Crippen molar-refractivity contribution in [2.75, 3.05) is 7.05 Å². The van der Waals surface area contributed by atoms with Gasteiger partial charge in [0.2, 0.25) is 0 Å². The molecule has 0 spiro atoms. The molecule has 1 aromatic carbocycles. The first kappa shape index (κ1) is 13.7. The van der Waals surface area contributed by atoms with Gasteiger partial charge in [-0.2, -0.15) is 0 Å². The number of nitrogens with one attached hydrogen (secondary N) is 1. The molecule has 1 nitrogen and oxygen atoms in total. The Bertz CT molecular complexity index is 538. The molecule has 1 atom stereocenters. The third-order valence-electron chi connectivity index (χ3n) is 3.00. The van der Waals surface area contributed by atoms with E-state index in [1.54, 1.807) is 23.5 Å². The van der Waals surface area contributed by atoms with Crippen LogP contribution in [0.3, 0.4) is 0 Å². The van der Waals surface area contributed by atoms with Crippen molar-refractivity contribution in [2.45, 2.75) is 19.4 Å². The van der Waals surface area contributed by atoms with E-state index in [9.17, 15) is 4.39 Å². The highest BCUT2D eigenvalue weighted by molar-refractivity contribution is 9.10. The van der Waals surface area contributed by atoms with Gasteiger partial charge in [0.1, 0.15) is 5.82 Å². The smallest absolute Gasteiger partial charge is 0.123 e. The van der Waals surface area contributed by atoms with E-state index in [1.807, 2.05) is 7.05 Å². The number of rotatable bonds is 4. The van der Waals surface area contributed by atoms with E-state index in [4.69, 9.17) is 0 Å². The zero-order valence-corrected chi connectivity index (χ0v) is 12.7. The molecular weight excluding hydrogens is 313 g/mol. The van der Waals surface area contributed by atoms with Crippen LogP contribution in [-0.4, -0.2) is 7.05 Å². The molecule has 0 amide bonds. The van der Waals surface area contributed by atoms with E-state index in [0.717, 1.165) is 16.5 Å². The number of hydrogen-bond acceptors (Lipinski definition) is 2. The summed E-state index contributed by atoms with van der Waals surface area (Å²) in [4.78, 5) is 1.31. The van der Waals surface area contributed by atoms with Crippen molar-refractivity contribution in [1.29, 1.82) is 0 Å². The maximum atomic E-state index is 13.3. The second-order valence-electron chi connectivity index (χ2n) is 4.25. The Kier molecular flexibility index (Phi) is 4.54. The summed E-state index contributed by atoms with van der Waals surface area (Å²) in [6.07, 6.45) is 0.774. The molecule has 0 fully saturated rings. The number of aryl methyl sites for hydroxylation is 1. The molecule has 18 heavy (non-hydrogen) atoms. The predicted molar refractivity (Wildman–Crippen MR) is 78.7 cm³/mol. The lowest BCUT2D eigenvalue weighted by molar-refractivity contribution is 0.589. The van der Waals surface area contributed by atoms with Gasteiger partial charge in [-0.05, 0) is 61.2 Å². The molecule has 0 aliphatic rings. The second kappa shape index (κ2) is 5.95. The fourth-order valence-corrected chi connectivity index (χ4v) is 3.43. The van der Waals surface area contributed by atoms with Crippen LogP contribution in [0.1, 0.15) is 22.0 Å². The molecule has 0 saturated carbocycles. The van der Waals surface area contributed by atoms with Crippen LogP contribution in [0.25, 0.3) is 0 Å². The van der Waals surface area contributed by atoms with E-state index in [0.29, 0.717) is 0 Å². The molecule has 1 heterocycles. The van der Waals surface area contributed by atoms with Crippen molar-refractivity contribution in [3.63, 3.8) is 0 Å². The number of halogens is 2. The van der Waals surface area contributed by atoms with Crippen LogP contribution in [0.2, 0.25) is 0 Å². The molecule has 4 heteroatoms. The van der Waals surface area contributed by atoms with Gasteiger partial charge in [0.15, 0.2) is 0 Å². The Labute approximate surface area is 119 Å². The standard InChI is InChI=1S/C14H15BrFNS/c1-9-5-6-18-14(9)13(17-2)8-10-7-11(16)3-4-12(10)15/h3-7,13,17H,8H2,1-2H3. The van der Waals surface area contributed by atoms with Crippen LogP contribution >= 0.6 is 27.3 Å². The Morgan fingerprint density at radius 3 is 2.78 bits per heavy atom. The van der Waals surface area contributed by atoms with Crippen LogP contribution < -0.4 is 5.32 Å². The summed E-state index contributed by atoms with van der Waals surface area (Å²) in [5.41, 5.74) is 2.27. The zero-order chi connectivity index (χ0) is 13.1. The molecule has 0 radical (unpaired) electrons. The van der Waals surface area contributed by atoms with Crippen molar-refractivity contribution < 1.29 is 4.39 Å². The Hall–Kier alpha value is -0.710. The molecule has 1 aromatic heterocycles. The minimum Gasteiger partial charge on any atom is -0.312 e. The number of thiophene rings is 1. The molecule has 1 N–H and O–H groups in total. The fourth-order valence-electron chi connectivity index (χ4n) is 1.99. The summed E-state index contributed by atoms with van der Waals surface area (Å²) in [7, 11) is 1.94. The van der Waals surface area contributed by atoms with E-state index in [1.165, 1.54) is 16.5 Å². The van der Waals surface area contributed by atoms with E-state index in [2.05, 4.69) is 39.6 Å². The minimum absolute atomic E-state index is 0.189. The van der Waals surface area contributed by atoms with Gasteiger partial charge in [0.05, 0.1) is 0 Å². The normalized spacial score (nSPS) is 12.7. The average Bonchev–Trinajstić information content (AvgIpc) is 2.77. The molecule has 2 aromatic rings. The maximum Gasteiger partial charge on any atom is 0.123 e. The molecule has 1 unspecified atom stereocenters. The molecule has 0 bridgehead atoms. The summed E-state index contributed by atoms with van der Waals surface area (Å²) in [5, 5.41) is 5.40. The Balaban J connectivity index is 2.26. The molecule has 2 rings (SSSR count). The molecular formula is C14H15BrFNS. The maximum absolute atomic E-state index is 13.3. The van der Waals surface area contributed by atoms with E-state index < -0.39 is 0 Å². The second-order valence-corrected chi connectivity index (χ2v) is 6.05. The number of benzene rings is 1. The van der Waals surface area contributed by atoms with Crippen molar-refractivity contribution in [3.05, 3.63) is 55.9 Å². The monoisotopic (exact) mass is 327 g/mol. The molecule has 96 valence electrons. The van der Waals surface area contributed by atoms with Gasteiger partial charge in [-0.15, -0.1) is 11.3 Å². The summed E-state index contributed by atoms with van der Waals surface area (Å²) < 4.78 is 14.2. The molecule has 0 aliphatic carbocycles. The SMILES string of the molecule is CNC(Cc1cc(F)ccc1Br)c1sccc1C. The highest BCUT2D eigenvalue weighted by Gasteiger charge is 2.15. The Morgan fingerprint density at radius 1 is 1.39 bits per heavy atom. The van der Waals surface area contributed by atoms with Gasteiger partial charge in [0.25, 0.3) is 0 Å². The highest BCUT2D eigenvalue weighted by Crippen LogP contribution is 2.29. The van der Waals surface area contributed by atoms with Crippen LogP contribution in [-0.2, 0) is 6.42 Å². The van der Waals surface area contributed by atoms with Crippen molar-refractivity contribution >= 4 is 27.3 Å². The summed E-state index contributed by atoms with van der Waals surface area (Å²) in [6, 6.07) is 7.17. The zero-order valence-electron chi connectivity index (χ0n) is 10.3. The highest BCUT2D eigenvalue weighted by atomic mass is 79.9. The third kappa shape index (κ3) is 2.99. The first-order valence-corrected chi connectivity index (χ1v) is 7.44. The molecule has 0 aliphatic heterocycles. The fraction of sp³-hybridized carbons (Fsp3) is 0.286. The van der Waals surface area contributed by atoms with Gasteiger partial charge in [-0.1, -0.05) is 15.9 Å². The lowest BCUT2D eigenvalue weighted by Crippen LogP contribution is -2.18. The van der Waals surface area contributed by atoms with Crippen LogP contribution in [0.4, 0.5) is 4.39 Å². The lowest BCUT2D eigenvalue weighted by atomic mass is 10.0. The topological polar surface area (TPSA) is 12.0 Å². The first-order chi connectivity index (χ1) is 8.61. The molecule has 0 saturated heterocycles. The quantitative estimate of drug-likeness (QED) is 0.874. The van der Waals surface area contributed by atoms with Crippen LogP contribution in [0, 0.1) is 12.7 Å². The summed E-state index contributed by atoms with van der Waals surface area (Å²) in [5.74, 6) is -0.189. The van der Waals surface area contributed by atoms with E-state index in [-0.39, 0.29) is 11.9 Å². The summed E-state index contributed by atoms with van der Waals surface area (Å²) in [6.45, 7) is 2.11. The van der Waals surface area contributed by atoms with Gasteiger partial charge >= 0.3 is 0 Å². The third-order valence-corrected chi connectivity index (χ3v) is 4.90.